The fraction of sp³-hybridized carbons (Fsp3) is 0.400. The maximum atomic E-state index is 11.2. The van der Waals surface area contributed by atoms with Gasteiger partial charge in [0.15, 0.2) is 6.10 Å². The summed E-state index contributed by atoms with van der Waals surface area (Å²) in [6.07, 6.45) is 2.79. The monoisotopic (exact) mass is 425 g/mol. The van der Waals surface area contributed by atoms with Gasteiger partial charge >= 0.3 is 5.97 Å². The van der Waals surface area contributed by atoms with Crippen molar-refractivity contribution >= 4 is 11.5 Å². The molecule has 1 heterocycles. The molecule has 0 spiro atoms. The van der Waals surface area contributed by atoms with E-state index in [1.165, 1.54) is 11.1 Å². The first-order chi connectivity index (χ1) is 15.1. The van der Waals surface area contributed by atoms with Gasteiger partial charge in [-0.25, -0.2) is 4.79 Å². The molecule has 0 saturated carbocycles. The summed E-state index contributed by atoms with van der Waals surface area (Å²) in [5.74, 6) is 0.769. The highest BCUT2D eigenvalue weighted by Gasteiger charge is 2.18. The Morgan fingerprint density at radius 1 is 1.16 bits per heavy atom. The molecule has 0 bridgehead atoms. The number of carbonyl (C=O) groups is 1. The van der Waals surface area contributed by atoms with Crippen molar-refractivity contribution in [3.05, 3.63) is 65.7 Å². The molecule has 1 aliphatic rings. The number of carboxylic acid groups (broad SMARTS) is 1. The van der Waals surface area contributed by atoms with Gasteiger partial charge in [0.2, 0.25) is 0 Å². The third-order valence-electron chi connectivity index (χ3n) is 5.41. The molecule has 0 saturated heterocycles. The van der Waals surface area contributed by atoms with E-state index in [9.17, 15) is 9.90 Å². The van der Waals surface area contributed by atoms with Crippen molar-refractivity contribution < 1.29 is 24.1 Å². The Morgan fingerprint density at radius 3 is 2.58 bits per heavy atom. The van der Waals surface area contributed by atoms with Crippen molar-refractivity contribution in [2.24, 2.45) is 0 Å². The van der Waals surface area contributed by atoms with Crippen LogP contribution in [0.3, 0.4) is 0 Å². The second kappa shape index (κ2) is 11.5. The van der Waals surface area contributed by atoms with Gasteiger partial charge < -0.3 is 19.3 Å². The molecule has 0 aliphatic carbocycles. The average Bonchev–Trinajstić information content (AvgIpc) is 2.80. The molecular formula is C25H31NO5. The Morgan fingerprint density at radius 2 is 1.94 bits per heavy atom. The van der Waals surface area contributed by atoms with E-state index < -0.39 is 12.1 Å². The fourth-order valence-electron chi connectivity index (χ4n) is 3.72. The number of carboxylic acids is 1. The average molecular weight is 426 g/mol. The molecular weight excluding hydrogens is 394 g/mol. The maximum Gasteiger partial charge on any atom is 0.333 e. The van der Waals surface area contributed by atoms with Crippen molar-refractivity contribution in [2.75, 3.05) is 40.0 Å². The molecule has 0 aromatic heterocycles. The first-order valence-electron chi connectivity index (χ1n) is 10.7. The number of nitrogens with zero attached hydrogens (tertiary/aromatic N) is 1. The number of aliphatic carboxylic acids is 1. The van der Waals surface area contributed by atoms with Crippen LogP contribution in [0, 0.1) is 0 Å². The molecule has 1 aliphatic heterocycles. The molecule has 166 valence electrons. The zero-order valence-corrected chi connectivity index (χ0v) is 18.3. The summed E-state index contributed by atoms with van der Waals surface area (Å²) >= 11 is 0. The molecule has 2 aromatic carbocycles. The number of methoxy groups -OCH3 is 1. The number of ether oxygens (including phenoxy) is 3. The number of hydrogen-bond donors (Lipinski definition) is 1. The minimum absolute atomic E-state index is 0.345. The van der Waals surface area contributed by atoms with E-state index in [0.29, 0.717) is 19.6 Å². The lowest BCUT2D eigenvalue weighted by Crippen LogP contribution is -2.32. The summed E-state index contributed by atoms with van der Waals surface area (Å²) in [4.78, 5) is 13.6. The number of para-hydroxylation sites is 1. The minimum atomic E-state index is -0.938. The second-order valence-corrected chi connectivity index (χ2v) is 7.46. The maximum absolute atomic E-state index is 11.2. The lowest BCUT2D eigenvalue weighted by Gasteiger charge is -2.26. The largest absolute Gasteiger partial charge is 0.496 e. The molecule has 1 unspecified atom stereocenters. The highest BCUT2D eigenvalue weighted by molar-refractivity contribution is 5.73. The van der Waals surface area contributed by atoms with Crippen LogP contribution in [0.15, 0.2) is 54.6 Å². The van der Waals surface area contributed by atoms with Crippen molar-refractivity contribution in [1.29, 1.82) is 0 Å². The molecule has 0 fully saturated rings. The van der Waals surface area contributed by atoms with Crippen LogP contribution in [0.2, 0.25) is 0 Å². The van der Waals surface area contributed by atoms with Crippen LogP contribution in [0.1, 0.15) is 24.5 Å². The van der Waals surface area contributed by atoms with Gasteiger partial charge in [-0.15, -0.1) is 0 Å². The molecule has 0 amide bonds. The van der Waals surface area contributed by atoms with Crippen LogP contribution >= 0.6 is 0 Å². The predicted molar refractivity (Wildman–Crippen MR) is 121 cm³/mol. The molecule has 6 nitrogen and oxygen atoms in total. The van der Waals surface area contributed by atoms with Crippen molar-refractivity contribution in [1.82, 2.24) is 4.90 Å². The number of hydrogen-bond acceptors (Lipinski definition) is 5. The lowest BCUT2D eigenvalue weighted by molar-refractivity contribution is -0.149. The lowest BCUT2D eigenvalue weighted by atomic mass is 9.98. The van der Waals surface area contributed by atoms with Crippen LogP contribution in [-0.4, -0.2) is 62.0 Å². The van der Waals surface area contributed by atoms with Gasteiger partial charge in [-0.05, 0) is 42.7 Å². The van der Waals surface area contributed by atoms with Gasteiger partial charge in [-0.3, -0.25) is 4.90 Å². The van der Waals surface area contributed by atoms with Crippen LogP contribution in [0.5, 0.6) is 11.5 Å². The van der Waals surface area contributed by atoms with Gasteiger partial charge in [-0.2, -0.15) is 0 Å². The van der Waals surface area contributed by atoms with Gasteiger partial charge in [0.1, 0.15) is 18.1 Å². The zero-order valence-electron chi connectivity index (χ0n) is 18.3. The smallest absolute Gasteiger partial charge is 0.333 e. The number of benzene rings is 2. The first-order valence-corrected chi connectivity index (χ1v) is 10.7. The first kappa shape index (κ1) is 22.8. The molecule has 2 aromatic rings. The Bertz CT molecular complexity index is 878. The van der Waals surface area contributed by atoms with E-state index in [2.05, 4.69) is 17.0 Å². The van der Waals surface area contributed by atoms with Gasteiger partial charge in [0, 0.05) is 38.2 Å². The molecule has 3 rings (SSSR count). The van der Waals surface area contributed by atoms with Crippen LogP contribution in [0.4, 0.5) is 0 Å². The van der Waals surface area contributed by atoms with E-state index in [1.807, 2.05) is 42.5 Å². The van der Waals surface area contributed by atoms with Gasteiger partial charge in [0.05, 0.1) is 7.11 Å². The SMILES string of the molecule is CCOC(Cc1ccc(OCCN2CC=C(c3ccccc3OC)CC2)cc1)C(=O)O. The topological polar surface area (TPSA) is 68.2 Å². The Labute approximate surface area is 184 Å². The van der Waals surface area contributed by atoms with E-state index in [-0.39, 0.29) is 0 Å². The Hall–Kier alpha value is -2.83. The van der Waals surface area contributed by atoms with Crippen LogP contribution in [-0.2, 0) is 16.0 Å². The van der Waals surface area contributed by atoms with Gasteiger partial charge in [-0.1, -0.05) is 36.4 Å². The summed E-state index contributed by atoms with van der Waals surface area (Å²) in [5, 5.41) is 9.20. The molecule has 0 radical (unpaired) electrons. The predicted octanol–water partition coefficient (Wildman–Crippen LogP) is 3.90. The summed E-state index contributed by atoms with van der Waals surface area (Å²) in [6, 6.07) is 15.7. The minimum Gasteiger partial charge on any atom is -0.496 e. The highest BCUT2D eigenvalue weighted by Crippen LogP contribution is 2.29. The summed E-state index contributed by atoms with van der Waals surface area (Å²) in [6.45, 7) is 5.51. The van der Waals surface area contributed by atoms with Crippen LogP contribution in [0.25, 0.3) is 5.57 Å². The zero-order chi connectivity index (χ0) is 22.1. The normalized spacial score (nSPS) is 15.2. The molecule has 6 heteroatoms. The van der Waals surface area contributed by atoms with Crippen molar-refractivity contribution in [3.8, 4) is 11.5 Å². The van der Waals surface area contributed by atoms with Gasteiger partial charge in [0.25, 0.3) is 0 Å². The Balaban J connectivity index is 1.45. The third-order valence-corrected chi connectivity index (χ3v) is 5.41. The number of rotatable bonds is 11. The van der Waals surface area contributed by atoms with Crippen molar-refractivity contribution in [2.45, 2.75) is 25.9 Å². The third kappa shape index (κ3) is 6.57. The van der Waals surface area contributed by atoms with E-state index in [1.54, 1.807) is 14.0 Å². The van der Waals surface area contributed by atoms with E-state index >= 15 is 0 Å². The van der Waals surface area contributed by atoms with Crippen LogP contribution < -0.4 is 9.47 Å². The Kier molecular flexibility index (Phi) is 8.50. The summed E-state index contributed by atoms with van der Waals surface area (Å²) in [7, 11) is 1.71. The van der Waals surface area contributed by atoms with Crippen molar-refractivity contribution in [3.63, 3.8) is 0 Å². The second-order valence-electron chi connectivity index (χ2n) is 7.46. The summed E-state index contributed by atoms with van der Waals surface area (Å²) in [5.41, 5.74) is 3.42. The van der Waals surface area contributed by atoms with E-state index in [4.69, 9.17) is 14.2 Å². The summed E-state index contributed by atoms with van der Waals surface area (Å²) < 4.78 is 16.6. The highest BCUT2D eigenvalue weighted by atomic mass is 16.5. The molecule has 31 heavy (non-hydrogen) atoms. The quantitative estimate of drug-likeness (QED) is 0.589. The molecule has 1 atom stereocenters. The van der Waals surface area contributed by atoms with E-state index in [0.717, 1.165) is 43.1 Å². The standard InChI is InChI=1S/C25H31NO5/c1-3-30-24(25(27)28)18-19-8-10-21(11-9-19)31-17-16-26-14-12-20(13-15-26)22-6-4-5-7-23(22)29-2/h4-12,24H,3,13-18H2,1-2H3,(H,27,28). The fourth-order valence-corrected chi connectivity index (χ4v) is 3.72. The molecule has 1 N–H and O–H groups in total.